The maximum atomic E-state index is 12.1. The molecule has 0 unspecified atom stereocenters. The van der Waals surface area contributed by atoms with Gasteiger partial charge in [0.2, 0.25) is 0 Å². The number of hydrogen-bond acceptors (Lipinski definition) is 4. The van der Waals surface area contributed by atoms with Crippen molar-refractivity contribution in [3.8, 4) is 6.07 Å². The van der Waals surface area contributed by atoms with Gasteiger partial charge in [0.05, 0.1) is 23.8 Å². The SMILES string of the molecule is COC(=O)[C@H](C[C@H](C)C#N)NC(=O)c1ccccc1Cl. The number of amides is 1. The van der Waals surface area contributed by atoms with Gasteiger partial charge >= 0.3 is 5.97 Å². The molecule has 0 saturated heterocycles. The van der Waals surface area contributed by atoms with E-state index in [4.69, 9.17) is 16.9 Å². The third kappa shape index (κ3) is 4.25. The molecule has 0 aliphatic heterocycles. The Hall–Kier alpha value is -2.06. The molecule has 0 heterocycles. The Kier molecular flexibility index (Phi) is 6.01. The average Bonchev–Trinajstić information content (AvgIpc) is 2.45. The summed E-state index contributed by atoms with van der Waals surface area (Å²) in [4.78, 5) is 23.7. The molecule has 106 valence electrons. The molecule has 0 aromatic heterocycles. The molecule has 0 aliphatic rings. The second-order valence-electron chi connectivity index (χ2n) is 4.29. The minimum absolute atomic E-state index is 0.180. The van der Waals surface area contributed by atoms with E-state index in [1.807, 2.05) is 6.07 Å². The molecule has 0 fully saturated rings. The average molecular weight is 295 g/mol. The largest absolute Gasteiger partial charge is 0.467 e. The smallest absolute Gasteiger partial charge is 0.328 e. The second kappa shape index (κ2) is 7.51. The number of methoxy groups -OCH3 is 1. The van der Waals surface area contributed by atoms with Crippen LogP contribution in [0.1, 0.15) is 23.7 Å². The summed E-state index contributed by atoms with van der Waals surface area (Å²) in [6, 6.07) is 7.65. The van der Waals surface area contributed by atoms with E-state index < -0.39 is 17.9 Å². The van der Waals surface area contributed by atoms with Crippen LogP contribution in [0.5, 0.6) is 0 Å². The van der Waals surface area contributed by atoms with Crippen LogP contribution in [0.25, 0.3) is 0 Å². The summed E-state index contributed by atoms with van der Waals surface area (Å²) in [6.07, 6.45) is 0.180. The molecular formula is C14H15ClN2O3. The van der Waals surface area contributed by atoms with E-state index >= 15 is 0 Å². The molecule has 20 heavy (non-hydrogen) atoms. The third-order valence-corrected chi connectivity index (χ3v) is 3.05. The van der Waals surface area contributed by atoms with Gasteiger partial charge in [0.15, 0.2) is 0 Å². The standard InChI is InChI=1S/C14H15ClN2O3/c1-9(8-16)7-12(14(19)20-2)17-13(18)10-5-3-4-6-11(10)15/h3-6,9,12H,7H2,1-2H3,(H,17,18)/t9-,12-/m0/s1. The van der Waals surface area contributed by atoms with Crippen molar-refractivity contribution < 1.29 is 14.3 Å². The minimum Gasteiger partial charge on any atom is -0.467 e. The summed E-state index contributed by atoms with van der Waals surface area (Å²) in [5.74, 6) is -1.45. The first-order valence-electron chi connectivity index (χ1n) is 6.02. The molecule has 2 atom stereocenters. The van der Waals surface area contributed by atoms with E-state index in [9.17, 15) is 9.59 Å². The fraction of sp³-hybridized carbons (Fsp3) is 0.357. The number of esters is 1. The Morgan fingerprint density at radius 3 is 2.65 bits per heavy atom. The lowest BCUT2D eigenvalue weighted by molar-refractivity contribution is -0.143. The summed E-state index contributed by atoms with van der Waals surface area (Å²) >= 11 is 5.92. The van der Waals surface area contributed by atoms with Gasteiger partial charge in [-0.15, -0.1) is 0 Å². The van der Waals surface area contributed by atoms with E-state index in [-0.39, 0.29) is 17.9 Å². The maximum absolute atomic E-state index is 12.1. The van der Waals surface area contributed by atoms with Gasteiger partial charge in [-0.3, -0.25) is 4.79 Å². The fourth-order valence-corrected chi connectivity index (χ4v) is 1.87. The van der Waals surface area contributed by atoms with Gasteiger partial charge in [-0.2, -0.15) is 5.26 Å². The Labute approximate surface area is 122 Å². The highest BCUT2D eigenvalue weighted by molar-refractivity contribution is 6.33. The molecule has 1 rings (SSSR count). The summed E-state index contributed by atoms with van der Waals surface area (Å²) < 4.78 is 4.63. The molecule has 0 bridgehead atoms. The number of nitriles is 1. The Bertz CT molecular complexity index is 539. The highest BCUT2D eigenvalue weighted by Crippen LogP contribution is 2.15. The van der Waals surface area contributed by atoms with E-state index in [1.165, 1.54) is 7.11 Å². The van der Waals surface area contributed by atoms with Crippen molar-refractivity contribution in [3.05, 3.63) is 34.9 Å². The third-order valence-electron chi connectivity index (χ3n) is 2.72. The van der Waals surface area contributed by atoms with Crippen LogP contribution < -0.4 is 5.32 Å². The number of hydrogen-bond donors (Lipinski definition) is 1. The van der Waals surface area contributed by atoms with E-state index in [0.29, 0.717) is 5.02 Å². The van der Waals surface area contributed by atoms with Crippen molar-refractivity contribution in [2.45, 2.75) is 19.4 Å². The molecule has 1 amide bonds. The fourth-order valence-electron chi connectivity index (χ4n) is 1.64. The summed E-state index contributed by atoms with van der Waals surface area (Å²) in [5, 5.41) is 11.6. The molecule has 1 aromatic carbocycles. The van der Waals surface area contributed by atoms with Crippen molar-refractivity contribution in [1.29, 1.82) is 5.26 Å². The van der Waals surface area contributed by atoms with Gasteiger partial charge in [0.25, 0.3) is 5.91 Å². The van der Waals surface area contributed by atoms with Crippen LogP contribution in [0.4, 0.5) is 0 Å². The highest BCUT2D eigenvalue weighted by atomic mass is 35.5. The quantitative estimate of drug-likeness (QED) is 0.844. The summed E-state index contributed by atoms with van der Waals surface area (Å²) in [7, 11) is 1.23. The highest BCUT2D eigenvalue weighted by Gasteiger charge is 2.25. The van der Waals surface area contributed by atoms with Gasteiger partial charge in [-0.05, 0) is 25.5 Å². The molecule has 0 saturated carbocycles. The van der Waals surface area contributed by atoms with E-state index in [1.54, 1.807) is 31.2 Å². The van der Waals surface area contributed by atoms with Crippen LogP contribution >= 0.6 is 11.6 Å². The molecular weight excluding hydrogens is 280 g/mol. The van der Waals surface area contributed by atoms with Crippen LogP contribution in [0.15, 0.2) is 24.3 Å². The number of halogens is 1. The predicted molar refractivity (Wildman–Crippen MR) is 74.1 cm³/mol. The van der Waals surface area contributed by atoms with Gasteiger partial charge in [-0.1, -0.05) is 23.7 Å². The van der Waals surface area contributed by atoms with Crippen LogP contribution in [-0.4, -0.2) is 25.0 Å². The lowest BCUT2D eigenvalue weighted by Crippen LogP contribution is -2.42. The maximum Gasteiger partial charge on any atom is 0.328 e. The predicted octanol–water partition coefficient (Wildman–Crippen LogP) is 2.16. The molecule has 6 heteroatoms. The molecule has 0 radical (unpaired) electrons. The first-order valence-corrected chi connectivity index (χ1v) is 6.40. The number of benzene rings is 1. The molecule has 5 nitrogen and oxygen atoms in total. The van der Waals surface area contributed by atoms with Crippen LogP contribution in [-0.2, 0) is 9.53 Å². The molecule has 1 N–H and O–H groups in total. The first kappa shape index (κ1) is 16.0. The van der Waals surface area contributed by atoms with Crippen molar-refractivity contribution in [2.75, 3.05) is 7.11 Å². The number of carbonyl (C=O) groups excluding carboxylic acids is 2. The van der Waals surface area contributed by atoms with E-state index in [0.717, 1.165) is 0 Å². The number of rotatable bonds is 5. The zero-order valence-corrected chi connectivity index (χ0v) is 12.0. The lowest BCUT2D eigenvalue weighted by Gasteiger charge is -2.17. The van der Waals surface area contributed by atoms with Gasteiger partial charge in [0, 0.05) is 5.92 Å². The van der Waals surface area contributed by atoms with Gasteiger partial charge in [0.1, 0.15) is 6.04 Å². The van der Waals surface area contributed by atoms with Crippen molar-refractivity contribution in [3.63, 3.8) is 0 Å². The van der Waals surface area contributed by atoms with E-state index in [2.05, 4.69) is 10.1 Å². The van der Waals surface area contributed by atoms with Gasteiger partial charge in [-0.25, -0.2) is 4.79 Å². The normalized spacial score (nSPS) is 12.9. The second-order valence-corrected chi connectivity index (χ2v) is 4.70. The number of nitrogens with zero attached hydrogens (tertiary/aromatic N) is 1. The Morgan fingerprint density at radius 1 is 1.45 bits per heavy atom. The van der Waals surface area contributed by atoms with Crippen molar-refractivity contribution >= 4 is 23.5 Å². The van der Waals surface area contributed by atoms with Crippen molar-refractivity contribution in [1.82, 2.24) is 5.32 Å². The first-order chi connectivity index (χ1) is 9.49. The molecule has 1 aromatic rings. The topological polar surface area (TPSA) is 79.2 Å². The van der Waals surface area contributed by atoms with Crippen LogP contribution in [0, 0.1) is 17.2 Å². The lowest BCUT2D eigenvalue weighted by atomic mass is 10.0. The summed E-state index contributed by atoms with van der Waals surface area (Å²) in [6.45, 7) is 1.66. The van der Waals surface area contributed by atoms with Crippen LogP contribution in [0.2, 0.25) is 5.02 Å². The Balaban J connectivity index is 2.85. The molecule has 0 spiro atoms. The zero-order chi connectivity index (χ0) is 15.1. The van der Waals surface area contributed by atoms with Gasteiger partial charge < -0.3 is 10.1 Å². The van der Waals surface area contributed by atoms with Crippen molar-refractivity contribution in [2.24, 2.45) is 5.92 Å². The Morgan fingerprint density at radius 2 is 2.10 bits per heavy atom. The summed E-state index contributed by atoms with van der Waals surface area (Å²) in [5.41, 5.74) is 0.271. The monoisotopic (exact) mass is 294 g/mol. The number of carbonyl (C=O) groups is 2. The van der Waals surface area contributed by atoms with Crippen LogP contribution in [0.3, 0.4) is 0 Å². The number of ether oxygens (including phenoxy) is 1. The zero-order valence-electron chi connectivity index (χ0n) is 11.2. The minimum atomic E-state index is -0.876. The molecule has 0 aliphatic carbocycles. The number of nitrogens with one attached hydrogen (secondary N) is 1.